The van der Waals surface area contributed by atoms with E-state index in [0.717, 1.165) is 17.3 Å². The Morgan fingerprint density at radius 2 is 1.92 bits per heavy atom. The minimum Gasteiger partial charge on any atom is -0.0654 e. The Hall–Kier alpha value is 0. The molecule has 0 aromatic rings. The maximum atomic E-state index is 2.49. The Labute approximate surface area is 84.1 Å². The summed E-state index contributed by atoms with van der Waals surface area (Å²) in [7, 11) is 0. The first-order valence-electron chi connectivity index (χ1n) is 6.09. The second kappa shape index (κ2) is 4.48. The lowest BCUT2D eigenvalue weighted by Gasteiger charge is -2.47. The van der Waals surface area contributed by atoms with Crippen LogP contribution in [0.15, 0.2) is 0 Å². The first kappa shape index (κ1) is 11.1. The van der Waals surface area contributed by atoms with Gasteiger partial charge in [0.05, 0.1) is 0 Å². The molecular weight excluding hydrogens is 156 g/mol. The zero-order valence-corrected chi connectivity index (χ0v) is 9.90. The molecule has 1 rings (SSSR count). The molecule has 0 spiro atoms. The van der Waals surface area contributed by atoms with Crippen molar-refractivity contribution >= 4 is 0 Å². The molecule has 0 amide bonds. The van der Waals surface area contributed by atoms with Crippen LogP contribution >= 0.6 is 0 Å². The van der Waals surface area contributed by atoms with Crippen molar-refractivity contribution in [2.24, 2.45) is 17.3 Å². The molecule has 1 aliphatic rings. The highest BCUT2D eigenvalue weighted by Gasteiger charge is 2.39. The molecule has 0 bridgehead atoms. The van der Waals surface area contributed by atoms with Crippen LogP contribution in [-0.4, -0.2) is 0 Å². The van der Waals surface area contributed by atoms with Crippen LogP contribution in [-0.2, 0) is 0 Å². The first-order valence-corrected chi connectivity index (χ1v) is 6.09. The maximum Gasteiger partial charge on any atom is -0.0318 e. The SMILES string of the molecule is CCCC1CC(C)(CC(C)CC)C1. The summed E-state index contributed by atoms with van der Waals surface area (Å²) in [4.78, 5) is 0. The third-order valence-electron chi connectivity index (χ3n) is 3.80. The molecule has 0 aliphatic heterocycles. The smallest absolute Gasteiger partial charge is 0.0318 e. The van der Waals surface area contributed by atoms with E-state index in [-0.39, 0.29) is 0 Å². The van der Waals surface area contributed by atoms with E-state index in [9.17, 15) is 0 Å². The predicted octanol–water partition coefficient (Wildman–Crippen LogP) is 4.64. The van der Waals surface area contributed by atoms with Gasteiger partial charge in [-0.15, -0.1) is 0 Å². The summed E-state index contributed by atoms with van der Waals surface area (Å²) in [5.74, 6) is 2.01. The Balaban J connectivity index is 2.21. The molecule has 0 N–H and O–H groups in total. The van der Waals surface area contributed by atoms with Crippen molar-refractivity contribution in [3.63, 3.8) is 0 Å². The van der Waals surface area contributed by atoms with Crippen LogP contribution in [0.2, 0.25) is 0 Å². The van der Waals surface area contributed by atoms with E-state index in [1.165, 1.54) is 38.5 Å². The number of hydrogen-bond acceptors (Lipinski definition) is 0. The van der Waals surface area contributed by atoms with E-state index < -0.39 is 0 Å². The zero-order valence-electron chi connectivity index (χ0n) is 9.90. The second-order valence-electron chi connectivity index (χ2n) is 5.59. The van der Waals surface area contributed by atoms with Gasteiger partial charge in [0.2, 0.25) is 0 Å². The molecule has 1 saturated carbocycles. The van der Waals surface area contributed by atoms with E-state index in [0.29, 0.717) is 0 Å². The van der Waals surface area contributed by atoms with E-state index in [1.54, 1.807) is 0 Å². The summed E-state index contributed by atoms with van der Waals surface area (Å²) in [5, 5.41) is 0. The van der Waals surface area contributed by atoms with Gasteiger partial charge < -0.3 is 0 Å². The molecule has 0 aromatic carbocycles. The van der Waals surface area contributed by atoms with Crippen LogP contribution in [0, 0.1) is 17.3 Å². The molecule has 0 saturated heterocycles. The Morgan fingerprint density at radius 1 is 1.31 bits per heavy atom. The largest absolute Gasteiger partial charge is 0.0654 e. The van der Waals surface area contributed by atoms with Gasteiger partial charge >= 0.3 is 0 Å². The predicted molar refractivity (Wildman–Crippen MR) is 59.8 cm³/mol. The van der Waals surface area contributed by atoms with Gasteiger partial charge in [0.1, 0.15) is 0 Å². The summed E-state index contributed by atoms with van der Waals surface area (Å²) in [6.45, 7) is 9.52. The Kier molecular flexibility index (Phi) is 3.82. The third kappa shape index (κ3) is 3.00. The van der Waals surface area contributed by atoms with E-state index in [2.05, 4.69) is 27.7 Å². The maximum absolute atomic E-state index is 2.49. The van der Waals surface area contributed by atoms with Crippen LogP contribution < -0.4 is 0 Å². The van der Waals surface area contributed by atoms with Gasteiger partial charge in [-0.1, -0.05) is 47.0 Å². The van der Waals surface area contributed by atoms with Crippen molar-refractivity contribution in [2.75, 3.05) is 0 Å². The quantitative estimate of drug-likeness (QED) is 0.581. The van der Waals surface area contributed by atoms with Crippen LogP contribution in [0.3, 0.4) is 0 Å². The van der Waals surface area contributed by atoms with Gasteiger partial charge in [-0.2, -0.15) is 0 Å². The van der Waals surface area contributed by atoms with Crippen molar-refractivity contribution in [3.8, 4) is 0 Å². The topological polar surface area (TPSA) is 0 Å². The first-order chi connectivity index (χ1) is 6.09. The molecule has 1 aliphatic carbocycles. The molecule has 1 fully saturated rings. The van der Waals surface area contributed by atoms with Crippen molar-refractivity contribution in [1.29, 1.82) is 0 Å². The zero-order chi connectivity index (χ0) is 9.90. The molecule has 0 heteroatoms. The fourth-order valence-corrected chi connectivity index (χ4v) is 3.10. The van der Waals surface area contributed by atoms with Crippen LogP contribution in [0.5, 0.6) is 0 Å². The summed E-state index contributed by atoms with van der Waals surface area (Å²) >= 11 is 0. The molecule has 0 heterocycles. The highest BCUT2D eigenvalue weighted by atomic mass is 14.4. The number of rotatable bonds is 5. The standard InChI is InChI=1S/C13H26/c1-5-7-12-9-13(4,10-12)8-11(3)6-2/h11-12H,5-10H2,1-4H3. The molecular formula is C13H26. The van der Waals surface area contributed by atoms with Gasteiger partial charge in [0, 0.05) is 0 Å². The van der Waals surface area contributed by atoms with E-state index >= 15 is 0 Å². The summed E-state index contributed by atoms with van der Waals surface area (Å²) in [5.41, 5.74) is 0.718. The monoisotopic (exact) mass is 182 g/mol. The Morgan fingerprint density at radius 3 is 2.38 bits per heavy atom. The van der Waals surface area contributed by atoms with Crippen molar-refractivity contribution < 1.29 is 0 Å². The lowest BCUT2D eigenvalue weighted by atomic mass is 9.59. The summed E-state index contributed by atoms with van der Waals surface area (Å²) < 4.78 is 0. The average molecular weight is 182 g/mol. The average Bonchev–Trinajstić information content (AvgIpc) is 2.02. The summed E-state index contributed by atoms with van der Waals surface area (Å²) in [6.07, 6.45) is 8.67. The number of hydrogen-bond donors (Lipinski definition) is 0. The highest BCUT2D eigenvalue weighted by Crippen LogP contribution is 2.51. The molecule has 0 nitrogen and oxygen atoms in total. The van der Waals surface area contributed by atoms with Gasteiger partial charge in [0.15, 0.2) is 0 Å². The molecule has 1 unspecified atom stereocenters. The van der Waals surface area contributed by atoms with Crippen molar-refractivity contribution in [2.45, 2.75) is 66.2 Å². The minimum absolute atomic E-state index is 0.718. The highest BCUT2D eigenvalue weighted by molar-refractivity contribution is 4.90. The van der Waals surface area contributed by atoms with Crippen molar-refractivity contribution in [3.05, 3.63) is 0 Å². The van der Waals surface area contributed by atoms with E-state index in [4.69, 9.17) is 0 Å². The molecule has 0 radical (unpaired) electrons. The molecule has 78 valence electrons. The van der Waals surface area contributed by atoms with Crippen LogP contribution in [0.4, 0.5) is 0 Å². The molecule has 0 aromatic heterocycles. The van der Waals surface area contributed by atoms with Gasteiger partial charge in [-0.25, -0.2) is 0 Å². The van der Waals surface area contributed by atoms with Gasteiger partial charge in [-0.05, 0) is 36.5 Å². The van der Waals surface area contributed by atoms with Gasteiger partial charge in [-0.3, -0.25) is 0 Å². The normalized spacial score (nSPS) is 35.5. The molecule has 1 atom stereocenters. The minimum atomic E-state index is 0.718. The van der Waals surface area contributed by atoms with Crippen LogP contribution in [0.25, 0.3) is 0 Å². The van der Waals surface area contributed by atoms with E-state index in [1.807, 2.05) is 0 Å². The molecule has 13 heavy (non-hydrogen) atoms. The fraction of sp³-hybridized carbons (Fsp3) is 1.00. The van der Waals surface area contributed by atoms with Gasteiger partial charge in [0.25, 0.3) is 0 Å². The third-order valence-corrected chi connectivity index (χ3v) is 3.80. The lowest BCUT2D eigenvalue weighted by molar-refractivity contribution is 0.0431. The second-order valence-corrected chi connectivity index (χ2v) is 5.59. The lowest BCUT2D eigenvalue weighted by Crippen LogP contribution is -2.35. The van der Waals surface area contributed by atoms with Crippen molar-refractivity contribution in [1.82, 2.24) is 0 Å². The van der Waals surface area contributed by atoms with Crippen LogP contribution in [0.1, 0.15) is 66.2 Å². The summed E-state index contributed by atoms with van der Waals surface area (Å²) in [6, 6.07) is 0. The fourth-order valence-electron chi connectivity index (χ4n) is 3.10. The Bertz CT molecular complexity index is 142.